The van der Waals surface area contributed by atoms with Crippen molar-refractivity contribution < 1.29 is 18.8 Å². The Hall–Kier alpha value is -3.12. The standard InChI is InChI=1S/C22H21ClN2O4/c1-2-28-21(27)13-15-3-10-19(11-4-15)25-20(26)12-7-17-14-24-29-22(17)16-5-8-18(23)9-6-16/h3-6,8-11,14H,2,7,12-13H2,1H3,(H,25,26). The molecular weight excluding hydrogens is 392 g/mol. The SMILES string of the molecule is CCOC(=O)Cc1ccc(NC(=O)CCc2cnoc2-c2ccc(Cl)cc2)cc1. The number of benzene rings is 2. The number of rotatable bonds is 8. The van der Waals surface area contributed by atoms with Crippen LogP contribution >= 0.6 is 11.6 Å². The summed E-state index contributed by atoms with van der Waals surface area (Å²) in [7, 11) is 0. The number of halogens is 1. The molecule has 0 saturated heterocycles. The third kappa shape index (κ3) is 5.93. The highest BCUT2D eigenvalue weighted by molar-refractivity contribution is 6.30. The number of amides is 1. The van der Waals surface area contributed by atoms with E-state index in [0.29, 0.717) is 29.5 Å². The van der Waals surface area contributed by atoms with Crippen molar-refractivity contribution in [1.82, 2.24) is 5.16 Å². The Kier molecular flexibility index (Phi) is 7.03. The van der Waals surface area contributed by atoms with Gasteiger partial charge in [0.1, 0.15) is 0 Å². The van der Waals surface area contributed by atoms with Crippen LogP contribution in [0.1, 0.15) is 24.5 Å². The second kappa shape index (κ2) is 9.89. The van der Waals surface area contributed by atoms with Crippen LogP contribution in [0.4, 0.5) is 5.69 Å². The molecule has 0 bridgehead atoms. The van der Waals surface area contributed by atoms with Crippen molar-refractivity contribution >= 4 is 29.2 Å². The number of nitrogens with one attached hydrogen (secondary N) is 1. The van der Waals surface area contributed by atoms with Gasteiger partial charge >= 0.3 is 5.97 Å². The first kappa shape index (κ1) is 20.6. The van der Waals surface area contributed by atoms with Gasteiger partial charge in [-0.3, -0.25) is 9.59 Å². The smallest absolute Gasteiger partial charge is 0.310 e. The van der Waals surface area contributed by atoms with Crippen LogP contribution in [0.15, 0.2) is 59.3 Å². The van der Waals surface area contributed by atoms with E-state index in [4.69, 9.17) is 20.9 Å². The van der Waals surface area contributed by atoms with Gasteiger partial charge in [0.2, 0.25) is 5.91 Å². The number of anilines is 1. The lowest BCUT2D eigenvalue weighted by Gasteiger charge is -2.07. The summed E-state index contributed by atoms with van der Waals surface area (Å²) >= 11 is 5.92. The van der Waals surface area contributed by atoms with Crippen LogP contribution in [-0.4, -0.2) is 23.6 Å². The number of aryl methyl sites for hydroxylation is 1. The number of nitrogens with zero attached hydrogens (tertiary/aromatic N) is 1. The third-order valence-electron chi connectivity index (χ3n) is 4.26. The first-order valence-electron chi connectivity index (χ1n) is 9.29. The van der Waals surface area contributed by atoms with Crippen molar-refractivity contribution in [3.05, 3.63) is 70.9 Å². The monoisotopic (exact) mass is 412 g/mol. The fourth-order valence-corrected chi connectivity index (χ4v) is 2.96. The van der Waals surface area contributed by atoms with Crippen LogP contribution in [0.25, 0.3) is 11.3 Å². The van der Waals surface area contributed by atoms with Crippen LogP contribution in [0.2, 0.25) is 5.02 Å². The summed E-state index contributed by atoms with van der Waals surface area (Å²) in [5.41, 5.74) is 3.22. The number of hydrogen-bond donors (Lipinski definition) is 1. The fourth-order valence-electron chi connectivity index (χ4n) is 2.83. The van der Waals surface area contributed by atoms with Gasteiger partial charge in [0.05, 0.1) is 19.2 Å². The Bertz CT molecular complexity index is 965. The lowest BCUT2D eigenvalue weighted by atomic mass is 10.1. The van der Waals surface area contributed by atoms with Gasteiger partial charge in [-0.2, -0.15) is 0 Å². The molecule has 1 aromatic heterocycles. The van der Waals surface area contributed by atoms with Crippen LogP contribution in [0.5, 0.6) is 0 Å². The molecule has 1 amide bonds. The largest absolute Gasteiger partial charge is 0.466 e. The Labute approximate surface area is 173 Å². The number of hydrogen-bond acceptors (Lipinski definition) is 5. The Morgan fingerprint density at radius 1 is 1.10 bits per heavy atom. The Balaban J connectivity index is 1.54. The molecule has 0 fully saturated rings. The van der Waals surface area contributed by atoms with Crippen LogP contribution in [0, 0.1) is 0 Å². The van der Waals surface area contributed by atoms with Gasteiger partial charge in [0, 0.05) is 28.3 Å². The second-order valence-corrected chi connectivity index (χ2v) is 6.85. The summed E-state index contributed by atoms with van der Waals surface area (Å²) < 4.78 is 10.3. The fraction of sp³-hybridized carbons (Fsp3) is 0.227. The topological polar surface area (TPSA) is 81.4 Å². The van der Waals surface area contributed by atoms with E-state index in [9.17, 15) is 9.59 Å². The summed E-state index contributed by atoms with van der Waals surface area (Å²) in [4.78, 5) is 23.8. The number of aromatic nitrogens is 1. The number of esters is 1. The van der Waals surface area contributed by atoms with Gasteiger partial charge < -0.3 is 14.6 Å². The minimum Gasteiger partial charge on any atom is -0.466 e. The molecule has 0 radical (unpaired) electrons. The van der Waals surface area contributed by atoms with E-state index in [-0.39, 0.29) is 24.7 Å². The highest BCUT2D eigenvalue weighted by Gasteiger charge is 2.13. The normalized spacial score (nSPS) is 10.6. The van der Waals surface area contributed by atoms with Crippen LogP contribution in [-0.2, 0) is 27.2 Å². The molecule has 3 rings (SSSR count). The lowest BCUT2D eigenvalue weighted by Crippen LogP contribution is -2.12. The molecular formula is C22H21ClN2O4. The molecule has 150 valence electrons. The van der Waals surface area contributed by atoms with Crippen LogP contribution in [0.3, 0.4) is 0 Å². The molecule has 0 aliphatic rings. The predicted molar refractivity (Wildman–Crippen MR) is 111 cm³/mol. The molecule has 7 heteroatoms. The third-order valence-corrected chi connectivity index (χ3v) is 4.52. The molecule has 0 aliphatic carbocycles. The van der Waals surface area contributed by atoms with Crippen molar-refractivity contribution in [1.29, 1.82) is 0 Å². The van der Waals surface area contributed by atoms with Crippen LogP contribution < -0.4 is 5.32 Å². The minimum atomic E-state index is -0.269. The quantitative estimate of drug-likeness (QED) is 0.543. The maximum Gasteiger partial charge on any atom is 0.310 e. The highest BCUT2D eigenvalue weighted by Crippen LogP contribution is 2.26. The van der Waals surface area contributed by atoms with Gasteiger partial charge in [-0.25, -0.2) is 0 Å². The Morgan fingerprint density at radius 3 is 2.52 bits per heavy atom. The van der Waals surface area contributed by atoms with E-state index < -0.39 is 0 Å². The van der Waals surface area contributed by atoms with Crippen molar-refractivity contribution in [3.8, 4) is 11.3 Å². The van der Waals surface area contributed by atoms with Crippen molar-refractivity contribution in [2.45, 2.75) is 26.2 Å². The van der Waals surface area contributed by atoms with E-state index in [1.165, 1.54) is 0 Å². The second-order valence-electron chi connectivity index (χ2n) is 6.41. The molecule has 3 aromatic rings. The summed E-state index contributed by atoms with van der Waals surface area (Å²) in [6.45, 7) is 2.13. The molecule has 2 aromatic carbocycles. The van der Waals surface area contributed by atoms with E-state index in [2.05, 4.69) is 10.5 Å². The maximum atomic E-state index is 12.3. The minimum absolute atomic E-state index is 0.119. The highest BCUT2D eigenvalue weighted by atomic mass is 35.5. The summed E-state index contributed by atoms with van der Waals surface area (Å²) in [5, 5.41) is 7.35. The summed E-state index contributed by atoms with van der Waals surface area (Å²) in [6.07, 6.45) is 2.62. The molecule has 1 N–H and O–H groups in total. The van der Waals surface area contributed by atoms with E-state index in [0.717, 1.165) is 16.7 Å². The average Bonchev–Trinajstić information content (AvgIpc) is 3.17. The lowest BCUT2D eigenvalue weighted by molar-refractivity contribution is -0.142. The van der Waals surface area contributed by atoms with Gasteiger partial charge in [-0.15, -0.1) is 0 Å². The van der Waals surface area contributed by atoms with Gasteiger partial charge in [-0.05, 0) is 55.3 Å². The number of carbonyl (C=O) groups is 2. The molecule has 0 saturated carbocycles. The molecule has 6 nitrogen and oxygen atoms in total. The van der Waals surface area contributed by atoms with Gasteiger partial charge in [-0.1, -0.05) is 28.9 Å². The molecule has 0 atom stereocenters. The predicted octanol–water partition coefficient (Wildman–Crippen LogP) is 4.67. The first-order valence-corrected chi connectivity index (χ1v) is 9.67. The number of ether oxygens (including phenoxy) is 1. The zero-order valence-corrected chi connectivity index (χ0v) is 16.7. The summed E-state index contributed by atoms with van der Waals surface area (Å²) in [6, 6.07) is 14.4. The molecule has 0 aliphatic heterocycles. The van der Waals surface area contributed by atoms with E-state index >= 15 is 0 Å². The molecule has 0 unspecified atom stereocenters. The zero-order valence-electron chi connectivity index (χ0n) is 16.0. The maximum absolute atomic E-state index is 12.3. The molecule has 29 heavy (non-hydrogen) atoms. The summed E-state index contributed by atoms with van der Waals surface area (Å²) in [5.74, 6) is 0.249. The zero-order chi connectivity index (χ0) is 20.6. The Morgan fingerprint density at radius 2 is 1.83 bits per heavy atom. The van der Waals surface area contributed by atoms with Crippen molar-refractivity contribution in [2.24, 2.45) is 0 Å². The molecule has 1 heterocycles. The van der Waals surface area contributed by atoms with E-state index in [1.807, 2.05) is 12.1 Å². The van der Waals surface area contributed by atoms with Gasteiger partial charge in [0.25, 0.3) is 0 Å². The van der Waals surface area contributed by atoms with Crippen molar-refractivity contribution in [2.75, 3.05) is 11.9 Å². The first-order chi connectivity index (χ1) is 14.0. The van der Waals surface area contributed by atoms with Gasteiger partial charge in [0.15, 0.2) is 5.76 Å². The number of carbonyl (C=O) groups excluding carboxylic acids is 2. The van der Waals surface area contributed by atoms with E-state index in [1.54, 1.807) is 49.5 Å². The molecule has 0 spiro atoms. The average molecular weight is 413 g/mol. The van der Waals surface area contributed by atoms with Crippen molar-refractivity contribution in [3.63, 3.8) is 0 Å².